The molecule has 184 valence electrons. The topological polar surface area (TPSA) is 33.1 Å². The van der Waals surface area contributed by atoms with Gasteiger partial charge in [0.15, 0.2) is 5.11 Å². The van der Waals surface area contributed by atoms with Crippen LogP contribution in [0.4, 0.5) is 18.9 Å². The summed E-state index contributed by atoms with van der Waals surface area (Å²) in [5, 5.41) is 3.96. The predicted octanol–water partition coefficient (Wildman–Crippen LogP) is 6.99. The zero-order valence-electron chi connectivity index (χ0n) is 20.0. The van der Waals surface area contributed by atoms with E-state index in [1.54, 1.807) is 16.8 Å². The number of para-hydroxylation sites is 1. The molecule has 0 spiro atoms. The second kappa shape index (κ2) is 9.09. The average molecular weight is 507 g/mol. The number of hydrogen-bond acceptors (Lipinski definition) is 2. The Balaban J connectivity index is 1.70. The van der Waals surface area contributed by atoms with Crippen LogP contribution in [0.15, 0.2) is 79.0 Å². The van der Waals surface area contributed by atoms with Gasteiger partial charge in [0.1, 0.15) is 0 Å². The lowest BCUT2D eigenvalue weighted by atomic mass is 9.96. The van der Waals surface area contributed by atoms with Gasteiger partial charge in [0, 0.05) is 23.3 Å². The van der Waals surface area contributed by atoms with Crippen molar-refractivity contribution in [3.8, 4) is 5.69 Å². The van der Waals surface area contributed by atoms with Crippen molar-refractivity contribution in [3.05, 3.63) is 113 Å². The number of nitrogens with one attached hydrogen (secondary N) is 1. The van der Waals surface area contributed by atoms with Crippen molar-refractivity contribution in [1.29, 1.82) is 0 Å². The maximum Gasteiger partial charge on any atom is 0.418 e. The van der Waals surface area contributed by atoms with E-state index in [2.05, 4.69) is 10.3 Å². The molecule has 1 N–H and O–H groups in total. The van der Waals surface area contributed by atoms with E-state index in [1.807, 2.05) is 74.2 Å². The molecule has 0 radical (unpaired) electrons. The largest absolute Gasteiger partial charge is 0.418 e. The minimum atomic E-state index is -4.47. The first-order valence-corrected chi connectivity index (χ1v) is 12.0. The quantitative estimate of drug-likeness (QED) is 0.302. The highest BCUT2D eigenvalue weighted by Gasteiger charge is 2.42. The molecular formula is C28H25F3N4S. The highest BCUT2D eigenvalue weighted by molar-refractivity contribution is 7.80. The molecule has 1 saturated heterocycles. The Morgan fingerprint density at radius 3 is 2.28 bits per heavy atom. The molecule has 1 aliphatic rings. The summed E-state index contributed by atoms with van der Waals surface area (Å²) in [5.41, 5.74) is 4.58. The third-order valence-electron chi connectivity index (χ3n) is 6.65. The van der Waals surface area contributed by atoms with Gasteiger partial charge in [0.2, 0.25) is 0 Å². The summed E-state index contributed by atoms with van der Waals surface area (Å²) in [5.74, 6) is 0. The maximum absolute atomic E-state index is 13.9. The van der Waals surface area contributed by atoms with Crippen molar-refractivity contribution in [1.82, 2.24) is 14.9 Å². The van der Waals surface area contributed by atoms with Gasteiger partial charge >= 0.3 is 6.18 Å². The van der Waals surface area contributed by atoms with Crippen molar-refractivity contribution in [3.63, 3.8) is 0 Å². The Kier molecular flexibility index (Phi) is 6.08. The fraction of sp³-hybridized carbons (Fsp3) is 0.214. The number of alkyl halides is 3. The SMILES string of the molecule is Cc1ccc(N2C(=S)NC(c3ccccn3)C2c2cc(C)n(-c3ccccc3C(F)(F)F)c2C)cc1. The summed E-state index contributed by atoms with van der Waals surface area (Å²) in [4.78, 5) is 6.61. The Bertz CT molecular complexity index is 1410. The minimum absolute atomic E-state index is 0.107. The van der Waals surface area contributed by atoms with Crippen molar-refractivity contribution in [2.75, 3.05) is 4.90 Å². The number of thiocarbonyl (C=S) groups is 1. The van der Waals surface area contributed by atoms with Crippen LogP contribution in [0.25, 0.3) is 5.69 Å². The first-order chi connectivity index (χ1) is 17.2. The van der Waals surface area contributed by atoms with Crippen LogP contribution in [0.2, 0.25) is 0 Å². The number of benzene rings is 2. The normalized spacial score (nSPS) is 17.9. The Hall–Kier alpha value is -3.65. The van der Waals surface area contributed by atoms with Crippen molar-refractivity contribution in [2.24, 2.45) is 0 Å². The average Bonchev–Trinajstić information content (AvgIpc) is 3.34. The van der Waals surface area contributed by atoms with Crippen LogP contribution in [-0.2, 0) is 6.18 Å². The van der Waals surface area contributed by atoms with Gasteiger partial charge in [-0.15, -0.1) is 0 Å². The van der Waals surface area contributed by atoms with Crippen LogP contribution in [0, 0.1) is 20.8 Å². The van der Waals surface area contributed by atoms with Gasteiger partial charge in [0.05, 0.1) is 29.0 Å². The van der Waals surface area contributed by atoms with Gasteiger partial charge in [-0.25, -0.2) is 0 Å². The van der Waals surface area contributed by atoms with E-state index in [0.717, 1.165) is 34.3 Å². The summed E-state index contributed by atoms with van der Waals surface area (Å²) in [7, 11) is 0. The molecule has 36 heavy (non-hydrogen) atoms. The molecule has 0 saturated carbocycles. The van der Waals surface area contributed by atoms with E-state index in [-0.39, 0.29) is 17.8 Å². The number of anilines is 1. The molecule has 0 aliphatic carbocycles. The molecule has 1 aliphatic heterocycles. The zero-order chi connectivity index (χ0) is 25.6. The Morgan fingerprint density at radius 2 is 1.61 bits per heavy atom. The van der Waals surface area contributed by atoms with Crippen LogP contribution < -0.4 is 10.2 Å². The van der Waals surface area contributed by atoms with Crippen LogP contribution in [-0.4, -0.2) is 14.7 Å². The molecular weight excluding hydrogens is 481 g/mol. The Labute approximate surface area is 213 Å². The first-order valence-electron chi connectivity index (χ1n) is 11.6. The molecule has 2 atom stereocenters. The molecule has 0 bridgehead atoms. The van der Waals surface area contributed by atoms with Gasteiger partial charge in [-0.1, -0.05) is 35.9 Å². The Morgan fingerprint density at radius 1 is 0.917 bits per heavy atom. The van der Waals surface area contributed by atoms with Crippen molar-refractivity contribution >= 4 is 23.0 Å². The summed E-state index contributed by atoms with van der Waals surface area (Å²) >= 11 is 5.79. The summed E-state index contributed by atoms with van der Waals surface area (Å²) in [6, 6.07) is 20.8. The van der Waals surface area contributed by atoms with Crippen LogP contribution in [0.1, 0.15) is 45.9 Å². The summed E-state index contributed by atoms with van der Waals surface area (Å²) in [6.45, 7) is 5.71. The van der Waals surface area contributed by atoms with E-state index in [4.69, 9.17) is 12.2 Å². The lowest BCUT2D eigenvalue weighted by Crippen LogP contribution is -2.29. The molecule has 0 amide bonds. The molecule has 4 aromatic rings. The summed E-state index contributed by atoms with van der Waals surface area (Å²) < 4.78 is 43.4. The standard InChI is InChI=1S/C28H25F3N4S/c1-17-11-13-20(14-12-17)35-26(25(33-27(35)36)23-9-6-7-15-32-23)21-16-18(2)34(19(21)3)24-10-5-4-8-22(24)28(29,30)31/h4-16,25-26H,1-3H3,(H,33,36). The third-order valence-corrected chi connectivity index (χ3v) is 6.96. The van der Waals surface area contributed by atoms with Gasteiger partial charge in [-0.2, -0.15) is 13.2 Å². The number of hydrogen-bond donors (Lipinski definition) is 1. The predicted molar refractivity (Wildman–Crippen MR) is 139 cm³/mol. The fourth-order valence-corrected chi connectivity index (χ4v) is 5.37. The number of rotatable bonds is 4. The molecule has 2 unspecified atom stereocenters. The van der Waals surface area contributed by atoms with Gasteiger partial charge in [-0.3, -0.25) is 4.98 Å². The lowest BCUT2D eigenvalue weighted by Gasteiger charge is -2.28. The van der Waals surface area contributed by atoms with Crippen molar-refractivity contribution in [2.45, 2.75) is 39.0 Å². The molecule has 3 heterocycles. The van der Waals surface area contributed by atoms with Crippen LogP contribution >= 0.6 is 12.2 Å². The summed E-state index contributed by atoms with van der Waals surface area (Å²) in [6.07, 6.45) is -2.74. The fourth-order valence-electron chi connectivity index (χ4n) is 5.02. The monoisotopic (exact) mass is 506 g/mol. The van der Waals surface area contributed by atoms with Crippen LogP contribution in [0.3, 0.4) is 0 Å². The number of aryl methyl sites for hydroxylation is 2. The van der Waals surface area contributed by atoms with E-state index in [0.29, 0.717) is 10.8 Å². The van der Waals surface area contributed by atoms with E-state index in [1.165, 1.54) is 12.1 Å². The van der Waals surface area contributed by atoms with Crippen molar-refractivity contribution < 1.29 is 13.2 Å². The molecule has 2 aromatic heterocycles. The number of pyridine rings is 1. The molecule has 1 fully saturated rings. The lowest BCUT2D eigenvalue weighted by molar-refractivity contribution is -0.137. The van der Waals surface area contributed by atoms with Gasteiger partial charge in [0.25, 0.3) is 0 Å². The van der Waals surface area contributed by atoms with Gasteiger partial charge in [-0.05, 0) is 81.0 Å². The maximum atomic E-state index is 13.9. The minimum Gasteiger partial charge on any atom is -0.351 e. The smallest absolute Gasteiger partial charge is 0.351 e. The highest BCUT2D eigenvalue weighted by Crippen LogP contribution is 2.44. The van der Waals surface area contributed by atoms with E-state index in [9.17, 15) is 13.2 Å². The zero-order valence-corrected chi connectivity index (χ0v) is 20.9. The third kappa shape index (κ3) is 4.15. The molecule has 8 heteroatoms. The number of halogens is 3. The number of aromatic nitrogens is 2. The second-order valence-corrected chi connectivity index (χ2v) is 9.40. The highest BCUT2D eigenvalue weighted by atomic mass is 32.1. The molecule has 2 aromatic carbocycles. The van der Waals surface area contributed by atoms with E-state index >= 15 is 0 Å². The van der Waals surface area contributed by atoms with Gasteiger partial charge < -0.3 is 14.8 Å². The second-order valence-electron chi connectivity index (χ2n) is 9.01. The van der Waals surface area contributed by atoms with Crippen LogP contribution in [0.5, 0.6) is 0 Å². The molecule has 5 rings (SSSR count). The number of nitrogens with zero attached hydrogens (tertiary/aromatic N) is 3. The van der Waals surface area contributed by atoms with E-state index < -0.39 is 11.7 Å². The first kappa shape index (κ1) is 24.1. The molecule has 4 nitrogen and oxygen atoms in total.